The number of hydrogen-bond donors (Lipinski definition) is 1. The number of amides is 1. The number of nitrogens with one attached hydrogen (secondary N) is 1. The smallest absolute Gasteiger partial charge is 0.264 e. The predicted octanol–water partition coefficient (Wildman–Crippen LogP) is 5.69. The highest BCUT2D eigenvalue weighted by molar-refractivity contribution is 7.92. The molecule has 1 heterocycles. The van der Waals surface area contributed by atoms with Gasteiger partial charge in [-0.2, -0.15) is 0 Å². The van der Waals surface area contributed by atoms with E-state index in [1.165, 1.54) is 16.4 Å². The van der Waals surface area contributed by atoms with E-state index in [9.17, 15) is 13.2 Å². The molecule has 5 nitrogen and oxygen atoms in total. The molecule has 0 spiro atoms. The topological polar surface area (TPSA) is 66.5 Å². The van der Waals surface area contributed by atoms with Crippen molar-refractivity contribution in [2.75, 3.05) is 9.62 Å². The van der Waals surface area contributed by atoms with Crippen molar-refractivity contribution in [2.24, 2.45) is 0 Å². The Morgan fingerprint density at radius 3 is 2.35 bits per heavy atom. The Kier molecular flexibility index (Phi) is 5.73. The van der Waals surface area contributed by atoms with E-state index >= 15 is 0 Å². The number of nitrogens with zero attached hydrogens (tertiary/aromatic N) is 1. The molecule has 1 aliphatic rings. The van der Waals surface area contributed by atoms with Crippen LogP contribution in [-0.4, -0.2) is 20.4 Å². The molecule has 0 aliphatic carbocycles. The minimum atomic E-state index is -3.75. The lowest BCUT2D eigenvalue weighted by Gasteiger charge is -2.24. The van der Waals surface area contributed by atoms with Crippen molar-refractivity contribution in [3.63, 3.8) is 0 Å². The maximum absolute atomic E-state index is 13.2. The number of hydrogen-bond acceptors (Lipinski definition) is 3. The predicted molar refractivity (Wildman–Crippen MR) is 125 cm³/mol. The quantitative estimate of drug-likeness (QED) is 0.527. The molecule has 0 saturated heterocycles. The van der Waals surface area contributed by atoms with Crippen molar-refractivity contribution in [3.05, 3.63) is 87.4 Å². The molecule has 0 bridgehead atoms. The average Bonchev–Trinajstić information content (AvgIpc) is 3.06. The fourth-order valence-electron chi connectivity index (χ4n) is 3.79. The molecule has 1 N–H and O–H groups in total. The number of carbonyl (C=O) groups excluding carboxylic acids is 1. The summed E-state index contributed by atoms with van der Waals surface area (Å²) in [7, 11) is -3.75. The first kappa shape index (κ1) is 21.7. The van der Waals surface area contributed by atoms with Crippen LogP contribution >= 0.6 is 23.2 Å². The minimum absolute atomic E-state index is 0.177. The molecule has 1 amide bonds. The third kappa shape index (κ3) is 4.15. The van der Waals surface area contributed by atoms with Gasteiger partial charge in [0.05, 0.1) is 10.6 Å². The van der Waals surface area contributed by atoms with Gasteiger partial charge in [-0.05, 0) is 92.1 Å². The van der Waals surface area contributed by atoms with Crippen LogP contribution in [0.1, 0.15) is 28.4 Å². The summed E-state index contributed by atoms with van der Waals surface area (Å²) in [5, 5.41) is 3.96. The zero-order valence-corrected chi connectivity index (χ0v) is 19.2. The van der Waals surface area contributed by atoms with Crippen LogP contribution in [0.25, 0.3) is 0 Å². The van der Waals surface area contributed by atoms with E-state index in [4.69, 9.17) is 23.2 Å². The van der Waals surface area contributed by atoms with Gasteiger partial charge in [0, 0.05) is 27.3 Å². The van der Waals surface area contributed by atoms with Gasteiger partial charge in [0.1, 0.15) is 0 Å². The van der Waals surface area contributed by atoms with E-state index in [1.54, 1.807) is 48.5 Å². The molecular weight excluding hydrogens is 455 g/mol. The second-order valence-electron chi connectivity index (χ2n) is 7.56. The van der Waals surface area contributed by atoms with Crippen LogP contribution in [0.2, 0.25) is 10.0 Å². The van der Waals surface area contributed by atoms with E-state index < -0.39 is 10.0 Å². The molecule has 3 aromatic carbocycles. The third-order valence-electron chi connectivity index (χ3n) is 5.30. The largest absolute Gasteiger partial charge is 0.322 e. The number of sulfonamides is 1. The van der Waals surface area contributed by atoms with Gasteiger partial charge >= 0.3 is 0 Å². The van der Waals surface area contributed by atoms with Gasteiger partial charge in [-0.15, -0.1) is 0 Å². The summed E-state index contributed by atoms with van der Waals surface area (Å²) in [5.41, 5.74) is 3.39. The number of rotatable bonds is 4. The number of halogens is 2. The van der Waals surface area contributed by atoms with Gasteiger partial charge in [0.25, 0.3) is 15.9 Å². The van der Waals surface area contributed by atoms with Gasteiger partial charge in [0.15, 0.2) is 0 Å². The number of benzene rings is 3. The van der Waals surface area contributed by atoms with Gasteiger partial charge < -0.3 is 5.32 Å². The van der Waals surface area contributed by atoms with Crippen molar-refractivity contribution in [1.82, 2.24) is 0 Å². The van der Waals surface area contributed by atoms with Gasteiger partial charge in [0.2, 0.25) is 0 Å². The first-order valence-corrected chi connectivity index (χ1v) is 11.9. The Hall–Kier alpha value is -2.54. The molecule has 31 heavy (non-hydrogen) atoms. The lowest BCUT2D eigenvalue weighted by molar-refractivity contribution is 0.102. The Balaban J connectivity index is 1.63. The van der Waals surface area contributed by atoms with Crippen LogP contribution in [0.15, 0.2) is 65.6 Å². The van der Waals surface area contributed by atoms with Gasteiger partial charge in [-0.25, -0.2) is 8.42 Å². The van der Waals surface area contributed by atoms with Crippen molar-refractivity contribution in [2.45, 2.75) is 31.2 Å². The van der Waals surface area contributed by atoms with Crippen molar-refractivity contribution in [1.29, 1.82) is 0 Å². The van der Waals surface area contributed by atoms with Crippen molar-refractivity contribution >= 4 is 50.5 Å². The molecule has 8 heteroatoms. The standard InChI is InChI=1S/C23H20Cl2N2O3S/c1-14-11-19(25)6-9-21(14)26-23(28)16-3-10-22-17(13-16)12-15(2)27(22)31(29,30)20-7-4-18(24)5-8-20/h3-11,13,15H,12H2,1-2H3,(H,26,28)/t15-/m1/s1. The molecular formula is C23H20Cl2N2O3S. The lowest BCUT2D eigenvalue weighted by Crippen LogP contribution is -2.35. The molecule has 0 unspecified atom stereocenters. The summed E-state index contributed by atoms with van der Waals surface area (Å²) < 4.78 is 27.9. The van der Waals surface area contributed by atoms with E-state index in [0.717, 1.165) is 11.1 Å². The molecule has 1 atom stereocenters. The summed E-state index contributed by atoms with van der Waals surface area (Å²) in [6.45, 7) is 3.72. The van der Waals surface area contributed by atoms with Crippen molar-refractivity contribution < 1.29 is 13.2 Å². The van der Waals surface area contributed by atoms with Crippen LogP contribution in [-0.2, 0) is 16.4 Å². The average molecular weight is 475 g/mol. The second-order valence-corrected chi connectivity index (χ2v) is 10.3. The van der Waals surface area contributed by atoms with E-state index in [-0.39, 0.29) is 16.8 Å². The number of aryl methyl sites for hydroxylation is 1. The van der Waals surface area contributed by atoms with Crippen molar-refractivity contribution in [3.8, 4) is 0 Å². The number of anilines is 2. The molecule has 4 rings (SSSR count). The monoisotopic (exact) mass is 474 g/mol. The Morgan fingerprint density at radius 1 is 1.00 bits per heavy atom. The Morgan fingerprint density at radius 2 is 1.68 bits per heavy atom. The van der Waals surface area contributed by atoms with Crippen LogP contribution in [0.4, 0.5) is 11.4 Å². The summed E-state index contributed by atoms with van der Waals surface area (Å²) >= 11 is 11.9. The lowest BCUT2D eigenvalue weighted by atomic mass is 10.1. The molecule has 0 aromatic heterocycles. The summed E-state index contributed by atoms with van der Waals surface area (Å²) in [5.74, 6) is -0.264. The normalized spacial score (nSPS) is 15.6. The SMILES string of the molecule is Cc1cc(Cl)ccc1NC(=O)c1ccc2c(c1)C[C@@H](C)N2S(=O)(=O)c1ccc(Cl)cc1. The Labute approximate surface area is 191 Å². The van der Waals surface area contributed by atoms with Gasteiger partial charge in [-0.1, -0.05) is 23.2 Å². The van der Waals surface area contributed by atoms with E-state index in [2.05, 4.69) is 5.32 Å². The second kappa shape index (κ2) is 8.19. The van der Waals surface area contributed by atoms with Crippen LogP contribution in [0, 0.1) is 6.92 Å². The highest BCUT2D eigenvalue weighted by Gasteiger charge is 2.36. The number of carbonyl (C=O) groups is 1. The first-order chi connectivity index (χ1) is 14.7. The maximum atomic E-state index is 13.2. The molecule has 3 aromatic rings. The fourth-order valence-corrected chi connectivity index (χ4v) is 5.84. The van der Waals surface area contributed by atoms with Crippen LogP contribution in [0.5, 0.6) is 0 Å². The zero-order valence-electron chi connectivity index (χ0n) is 16.9. The molecule has 160 valence electrons. The fraction of sp³-hybridized carbons (Fsp3) is 0.174. The number of fused-ring (bicyclic) bond motifs is 1. The summed E-state index contributed by atoms with van der Waals surface area (Å²) in [4.78, 5) is 13.0. The summed E-state index contributed by atoms with van der Waals surface area (Å²) in [6, 6.07) is 16.2. The minimum Gasteiger partial charge on any atom is -0.322 e. The Bertz CT molecular complexity index is 1270. The van der Waals surface area contributed by atoms with E-state index in [0.29, 0.717) is 33.4 Å². The maximum Gasteiger partial charge on any atom is 0.264 e. The molecule has 1 aliphatic heterocycles. The van der Waals surface area contributed by atoms with E-state index in [1.807, 2.05) is 13.8 Å². The molecule has 0 radical (unpaired) electrons. The first-order valence-electron chi connectivity index (χ1n) is 9.67. The third-order valence-corrected chi connectivity index (χ3v) is 7.73. The van der Waals surface area contributed by atoms with Gasteiger partial charge in [-0.3, -0.25) is 9.10 Å². The molecule has 0 fully saturated rings. The zero-order chi connectivity index (χ0) is 22.3. The highest BCUT2D eigenvalue weighted by Crippen LogP contribution is 2.37. The van der Waals surface area contributed by atoms with Crippen LogP contribution in [0.3, 0.4) is 0 Å². The molecule has 0 saturated carbocycles. The van der Waals surface area contributed by atoms with Crippen LogP contribution < -0.4 is 9.62 Å². The summed E-state index contributed by atoms with van der Waals surface area (Å²) in [6.07, 6.45) is 0.517. The highest BCUT2D eigenvalue weighted by atomic mass is 35.5.